The Bertz CT molecular complexity index is 624. The van der Waals surface area contributed by atoms with Crippen LogP contribution in [0.5, 0.6) is 0 Å². The second kappa shape index (κ2) is 5.79. The fourth-order valence-corrected chi connectivity index (χ4v) is 2.70. The molecule has 6 heteroatoms. The number of benzene rings is 1. The molecule has 0 saturated carbocycles. The topological polar surface area (TPSA) is 77.9 Å². The van der Waals surface area contributed by atoms with Crippen LogP contribution in [-0.4, -0.2) is 57.9 Å². The van der Waals surface area contributed by atoms with Gasteiger partial charge in [0.1, 0.15) is 5.54 Å². The van der Waals surface area contributed by atoms with Gasteiger partial charge >= 0.3 is 5.97 Å². The molecule has 0 radical (unpaired) electrons. The molecule has 0 aliphatic carbocycles. The summed E-state index contributed by atoms with van der Waals surface area (Å²) in [7, 11) is 0. The fraction of sp³-hybridized carbons (Fsp3) is 0.438. The lowest BCUT2D eigenvalue weighted by Gasteiger charge is -2.45. The van der Waals surface area contributed by atoms with Crippen molar-refractivity contribution in [2.75, 3.05) is 19.6 Å². The lowest BCUT2D eigenvalue weighted by molar-refractivity contribution is -0.146. The van der Waals surface area contributed by atoms with E-state index in [4.69, 9.17) is 5.11 Å². The van der Waals surface area contributed by atoms with Gasteiger partial charge in [-0.25, -0.2) is 4.79 Å². The number of likely N-dealkylation sites (N-methyl/N-ethyl adjacent to an activating group) is 1. The molecule has 6 nitrogen and oxygen atoms in total. The van der Waals surface area contributed by atoms with Crippen LogP contribution in [0.3, 0.4) is 0 Å². The van der Waals surface area contributed by atoms with Crippen LogP contribution < -0.4 is 0 Å². The predicted molar refractivity (Wildman–Crippen MR) is 80.8 cm³/mol. The van der Waals surface area contributed by atoms with Crippen molar-refractivity contribution in [1.29, 1.82) is 0 Å². The van der Waals surface area contributed by atoms with Gasteiger partial charge in [0, 0.05) is 25.2 Å². The zero-order valence-corrected chi connectivity index (χ0v) is 13.0. The summed E-state index contributed by atoms with van der Waals surface area (Å²) in [6.07, 6.45) is 0. The lowest BCUT2D eigenvalue weighted by atomic mass is 9.96. The lowest BCUT2D eigenvalue weighted by Crippen LogP contribution is -2.64. The minimum Gasteiger partial charge on any atom is -0.478 e. The molecule has 1 aliphatic rings. The first kappa shape index (κ1) is 16.0. The second-order valence-electron chi connectivity index (χ2n) is 5.79. The van der Waals surface area contributed by atoms with Gasteiger partial charge in [0.2, 0.25) is 5.91 Å². The molecule has 1 N–H and O–H groups in total. The number of hydrogen-bond donors (Lipinski definition) is 1. The molecule has 0 spiro atoms. The van der Waals surface area contributed by atoms with Crippen molar-refractivity contribution in [3.05, 3.63) is 35.4 Å². The number of carboxylic acids is 1. The summed E-state index contributed by atoms with van der Waals surface area (Å²) in [5, 5.41) is 9.03. The average molecular weight is 304 g/mol. The van der Waals surface area contributed by atoms with Crippen molar-refractivity contribution in [3.8, 4) is 0 Å². The first-order valence-electron chi connectivity index (χ1n) is 7.23. The van der Waals surface area contributed by atoms with E-state index in [0.29, 0.717) is 19.6 Å². The first-order chi connectivity index (χ1) is 10.3. The van der Waals surface area contributed by atoms with Gasteiger partial charge in [0.15, 0.2) is 0 Å². The molecular formula is C16H20N2O4. The number of nitrogens with zero attached hydrogens (tertiary/aromatic N) is 2. The Labute approximate surface area is 129 Å². The summed E-state index contributed by atoms with van der Waals surface area (Å²) in [6.45, 7) is 6.87. The van der Waals surface area contributed by atoms with Gasteiger partial charge in [-0.1, -0.05) is 6.07 Å². The standard InChI is InChI=1S/C16H20N2O4/c1-4-17-8-9-18(16(2,3)15(17)22)13(19)11-6-5-7-12(10-11)14(20)21/h5-7,10H,4,8-9H2,1-3H3,(H,20,21). The molecule has 1 saturated heterocycles. The third-order valence-electron chi connectivity index (χ3n) is 4.06. The number of carbonyl (C=O) groups excluding carboxylic acids is 2. The van der Waals surface area contributed by atoms with Crippen LogP contribution in [0.2, 0.25) is 0 Å². The molecule has 22 heavy (non-hydrogen) atoms. The van der Waals surface area contributed by atoms with Gasteiger partial charge in [0.05, 0.1) is 5.56 Å². The predicted octanol–water partition coefficient (Wildman–Crippen LogP) is 1.47. The molecule has 1 aromatic rings. The molecule has 118 valence electrons. The fourth-order valence-electron chi connectivity index (χ4n) is 2.70. The molecule has 1 aliphatic heterocycles. The van der Waals surface area contributed by atoms with Gasteiger partial charge in [-0.3, -0.25) is 9.59 Å². The molecule has 2 amide bonds. The van der Waals surface area contributed by atoms with E-state index in [1.54, 1.807) is 24.8 Å². The van der Waals surface area contributed by atoms with Crippen molar-refractivity contribution in [1.82, 2.24) is 9.80 Å². The highest BCUT2D eigenvalue weighted by Crippen LogP contribution is 2.24. The monoisotopic (exact) mass is 304 g/mol. The highest BCUT2D eigenvalue weighted by atomic mass is 16.4. The number of amides is 2. The van der Waals surface area contributed by atoms with Crippen molar-refractivity contribution in [3.63, 3.8) is 0 Å². The van der Waals surface area contributed by atoms with Crippen LogP contribution in [0, 0.1) is 0 Å². The van der Waals surface area contributed by atoms with Gasteiger partial charge in [-0.15, -0.1) is 0 Å². The van der Waals surface area contributed by atoms with Crippen LogP contribution in [0.1, 0.15) is 41.5 Å². The summed E-state index contributed by atoms with van der Waals surface area (Å²) in [4.78, 5) is 39.4. The van der Waals surface area contributed by atoms with Crippen LogP contribution in [0.4, 0.5) is 0 Å². The second-order valence-corrected chi connectivity index (χ2v) is 5.79. The maximum Gasteiger partial charge on any atom is 0.335 e. The van der Waals surface area contributed by atoms with E-state index in [1.807, 2.05) is 6.92 Å². The molecule has 0 atom stereocenters. The summed E-state index contributed by atoms with van der Waals surface area (Å²) in [5.74, 6) is -1.50. The zero-order chi connectivity index (χ0) is 16.5. The third kappa shape index (κ3) is 2.68. The highest BCUT2D eigenvalue weighted by Gasteiger charge is 2.43. The Morgan fingerprint density at radius 1 is 1.23 bits per heavy atom. The largest absolute Gasteiger partial charge is 0.478 e. The maximum absolute atomic E-state index is 12.7. The van der Waals surface area contributed by atoms with Gasteiger partial charge in [-0.2, -0.15) is 0 Å². The van der Waals surface area contributed by atoms with E-state index >= 15 is 0 Å². The van der Waals surface area contributed by atoms with Crippen molar-refractivity contribution >= 4 is 17.8 Å². The minimum atomic E-state index is -1.08. The van der Waals surface area contributed by atoms with Crippen LogP contribution >= 0.6 is 0 Å². The summed E-state index contributed by atoms with van der Waals surface area (Å²) >= 11 is 0. The first-order valence-corrected chi connectivity index (χ1v) is 7.23. The quantitative estimate of drug-likeness (QED) is 0.917. The minimum absolute atomic E-state index is 0.0576. The van der Waals surface area contributed by atoms with Crippen LogP contribution in [0.25, 0.3) is 0 Å². The maximum atomic E-state index is 12.7. The molecule has 1 fully saturated rings. The van der Waals surface area contributed by atoms with E-state index in [9.17, 15) is 14.4 Å². The van der Waals surface area contributed by atoms with E-state index < -0.39 is 11.5 Å². The number of piperazine rings is 1. The third-order valence-corrected chi connectivity index (χ3v) is 4.06. The van der Waals surface area contributed by atoms with E-state index in [0.717, 1.165) is 0 Å². The Hall–Kier alpha value is -2.37. The number of carboxylic acid groups (broad SMARTS) is 1. The highest BCUT2D eigenvalue weighted by molar-refractivity contribution is 6.01. The number of rotatable bonds is 3. The Balaban J connectivity index is 2.31. The summed E-state index contributed by atoms with van der Waals surface area (Å²) in [6, 6.07) is 5.89. The normalized spacial score (nSPS) is 17.5. The number of carbonyl (C=O) groups is 3. The molecule has 1 heterocycles. The van der Waals surface area contributed by atoms with Crippen LogP contribution in [-0.2, 0) is 4.79 Å². The zero-order valence-electron chi connectivity index (χ0n) is 13.0. The summed E-state index contributed by atoms with van der Waals surface area (Å²) < 4.78 is 0. The molecule has 2 rings (SSSR count). The van der Waals surface area contributed by atoms with Crippen LogP contribution in [0.15, 0.2) is 24.3 Å². The Kier molecular flexibility index (Phi) is 4.21. The average Bonchev–Trinajstić information content (AvgIpc) is 2.49. The molecule has 1 aromatic carbocycles. The van der Waals surface area contributed by atoms with E-state index in [-0.39, 0.29) is 22.9 Å². The van der Waals surface area contributed by atoms with Crippen molar-refractivity contribution in [2.24, 2.45) is 0 Å². The van der Waals surface area contributed by atoms with Crippen molar-refractivity contribution < 1.29 is 19.5 Å². The number of aromatic carboxylic acids is 1. The van der Waals surface area contributed by atoms with Gasteiger partial charge in [-0.05, 0) is 39.0 Å². The summed E-state index contributed by atoms with van der Waals surface area (Å²) in [5.41, 5.74) is -0.599. The Morgan fingerprint density at radius 2 is 1.86 bits per heavy atom. The molecule has 0 unspecified atom stereocenters. The Morgan fingerprint density at radius 3 is 2.45 bits per heavy atom. The van der Waals surface area contributed by atoms with E-state index in [1.165, 1.54) is 23.1 Å². The number of hydrogen-bond acceptors (Lipinski definition) is 3. The molecule has 0 bridgehead atoms. The van der Waals surface area contributed by atoms with Gasteiger partial charge in [0.25, 0.3) is 5.91 Å². The van der Waals surface area contributed by atoms with E-state index in [2.05, 4.69) is 0 Å². The molecule has 0 aromatic heterocycles. The SMILES string of the molecule is CCN1CCN(C(=O)c2cccc(C(=O)O)c2)C(C)(C)C1=O. The van der Waals surface area contributed by atoms with Crippen molar-refractivity contribution in [2.45, 2.75) is 26.3 Å². The van der Waals surface area contributed by atoms with Gasteiger partial charge < -0.3 is 14.9 Å². The molecular weight excluding hydrogens is 284 g/mol. The smallest absolute Gasteiger partial charge is 0.335 e.